The summed E-state index contributed by atoms with van der Waals surface area (Å²) in [4.78, 5) is 5.22. The Morgan fingerprint density at radius 1 is 1.33 bits per heavy atom. The Balaban J connectivity index is 1.92. The molecule has 2 rings (SSSR count). The first kappa shape index (κ1) is 14.3. The minimum absolute atomic E-state index is 0.535. The predicted molar refractivity (Wildman–Crippen MR) is 74.9 cm³/mol. The molecule has 2 saturated heterocycles. The molecule has 2 aliphatic heterocycles. The number of methoxy groups -OCH3 is 1. The number of hydrogen-bond donors (Lipinski definition) is 1. The zero-order valence-electron chi connectivity index (χ0n) is 12.2. The first-order chi connectivity index (χ1) is 8.76. The SMILES string of the molecule is CNCC(COC)N1CCC2C(CCCN2C)C1. The lowest BCUT2D eigenvalue weighted by Gasteiger charge is -2.48. The predicted octanol–water partition coefficient (Wildman–Crippen LogP) is 0.637. The Labute approximate surface area is 112 Å². The summed E-state index contributed by atoms with van der Waals surface area (Å²) in [5.74, 6) is 0.869. The van der Waals surface area contributed by atoms with Crippen LogP contribution in [0.3, 0.4) is 0 Å². The Morgan fingerprint density at radius 2 is 2.17 bits per heavy atom. The summed E-state index contributed by atoms with van der Waals surface area (Å²) in [7, 11) is 6.14. The normalized spacial score (nSPS) is 32.2. The fourth-order valence-electron chi connectivity index (χ4n) is 3.73. The van der Waals surface area contributed by atoms with Gasteiger partial charge in [0.15, 0.2) is 0 Å². The molecular formula is C14H29N3O. The number of likely N-dealkylation sites (tertiary alicyclic amines) is 2. The quantitative estimate of drug-likeness (QED) is 0.780. The second-order valence-electron chi connectivity index (χ2n) is 5.90. The second kappa shape index (κ2) is 6.85. The van der Waals surface area contributed by atoms with Crippen molar-refractivity contribution < 1.29 is 4.74 Å². The molecule has 4 nitrogen and oxygen atoms in total. The van der Waals surface area contributed by atoms with Crippen LogP contribution in [0.25, 0.3) is 0 Å². The summed E-state index contributed by atoms with van der Waals surface area (Å²) >= 11 is 0. The number of nitrogens with one attached hydrogen (secondary N) is 1. The summed E-state index contributed by atoms with van der Waals surface area (Å²) in [6, 6.07) is 1.36. The van der Waals surface area contributed by atoms with Crippen molar-refractivity contribution in [1.29, 1.82) is 0 Å². The Kier molecular flexibility index (Phi) is 5.42. The number of piperidine rings is 2. The van der Waals surface area contributed by atoms with Gasteiger partial charge in [-0.25, -0.2) is 0 Å². The van der Waals surface area contributed by atoms with Gasteiger partial charge in [-0.3, -0.25) is 4.90 Å². The summed E-state index contributed by atoms with van der Waals surface area (Å²) < 4.78 is 5.37. The number of nitrogens with zero attached hydrogens (tertiary/aromatic N) is 2. The molecule has 0 spiro atoms. The van der Waals surface area contributed by atoms with E-state index >= 15 is 0 Å². The molecular weight excluding hydrogens is 226 g/mol. The molecule has 0 aromatic rings. The molecule has 2 heterocycles. The number of hydrogen-bond acceptors (Lipinski definition) is 4. The van der Waals surface area contributed by atoms with Gasteiger partial charge in [-0.2, -0.15) is 0 Å². The van der Waals surface area contributed by atoms with E-state index in [1.165, 1.54) is 38.9 Å². The van der Waals surface area contributed by atoms with Gasteiger partial charge in [-0.05, 0) is 45.8 Å². The van der Waals surface area contributed by atoms with E-state index < -0.39 is 0 Å². The maximum atomic E-state index is 5.37. The van der Waals surface area contributed by atoms with Crippen molar-refractivity contribution in [3.63, 3.8) is 0 Å². The summed E-state index contributed by atoms with van der Waals surface area (Å²) in [5.41, 5.74) is 0. The molecule has 0 aromatic heterocycles. The Bertz CT molecular complexity index is 243. The first-order valence-corrected chi connectivity index (χ1v) is 7.34. The van der Waals surface area contributed by atoms with Crippen LogP contribution in [0.2, 0.25) is 0 Å². The molecule has 0 amide bonds. The number of fused-ring (bicyclic) bond motifs is 1. The number of likely N-dealkylation sites (N-methyl/N-ethyl adjacent to an activating group) is 1. The van der Waals surface area contributed by atoms with Crippen molar-refractivity contribution in [1.82, 2.24) is 15.1 Å². The van der Waals surface area contributed by atoms with Crippen LogP contribution in [-0.2, 0) is 4.74 Å². The zero-order chi connectivity index (χ0) is 13.0. The third-order valence-electron chi connectivity index (χ3n) is 4.69. The summed E-state index contributed by atoms with van der Waals surface area (Å²) in [6.07, 6.45) is 4.10. The lowest BCUT2D eigenvalue weighted by molar-refractivity contribution is 0.00193. The standard InChI is InChI=1S/C14H29N3O/c1-15-9-13(11-18-3)17-8-6-14-12(10-17)5-4-7-16(14)2/h12-15H,4-11H2,1-3H3. The minimum Gasteiger partial charge on any atom is -0.383 e. The lowest BCUT2D eigenvalue weighted by Crippen LogP contribution is -2.57. The monoisotopic (exact) mass is 255 g/mol. The first-order valence-electron chi connectivity index (χ1n) is 7.34. The third-order valence-corrected chi connectivity index (χ3v) is 4.69. The molecule has 0 radical (unpaired) electrons. The lowest BCUT2D eigenvalue weighted by atomic mass is 9.83. The van der Waals surface area contributed by atoms with Gasteiger partial charge in [0, 0.05) is 38.8 Å². The van der Waals surface area contributed by atoms with Gasteiger partial charge < -0.3 is 15.0 Å². The largest absolute Gasteiger partial charge is 0.383 e. The van der Waals surface area contributed by atoms with E-state index in [-0.39, 0.29) is 0 Å². The molecule has 1 N–H and O–H groups in total. The molecule has 0 bridgehead atoms. The highest BCUT2D eigenvalue weighted by Gasteiger charge is 2.36. The Morgan fingerprint density at radius 3 is 2.89 bits per heavy atom. The van der Waals surface area contributed by atoms with Crippen molar-refractivity contribution in [2.75, 3.05) is 54.0 Å². The fraction of sp³-hybridized carbons (Fsp3) is 1.00. The number of ether oxygens (including phenoxy) is 1. The van der Waals surface area contributed by atoms with E-state index in [2.05, 4.69) is 22.2 Å². The second-order valence-corrected chi connectivity index (χ2v) is 5.90. The average Bonchev–Trinajstić information content (AvgIpc) is 2.38. The van der Waals surface area contributed by atoms with Gasteiger partial charge in [-0.1, -0.05) is 0 Å². The van der Waals surface area contributed by atoms with Crippen molar-refractivity contribution in [3.8, 4) is 0 Å². The summed E-state index contributed by atoms with van der Waals surface area (Å²) in [5, 5.41) is 3.30. The molecule has 18 heavy (non-hydrogen) atoms. The van der Waals surface area contributed by atoms with E-state index in [0.29, 0.717) is 6.04 Å². The highest BCUT2D eigenvalue weighted by Crippen LogP contribution is 2.30. The van der Waals surface area contributed by atoms with Gasteiger partial charge in [0.2, 0.25) is 0 Å². The average molecular weight is 255 g/mol. The van der Waals surface area contributed by atoms with Gasteiger partial charge in [-0.15, -0.1) is 0 Å². The van der Waals surface area contributed by atoms with Crippen molar-refractivity contribution >= 4 is 0 Å². The van der Waals surface area contributed by atoms with Crippen LogP contribution in [0, 0.1) is 5.92 Å². The highest BCUT2D eigenvalue weighted by molar-refractivity contribution is 4.91. The highest BCUT2D eigenvalue weighted by atomic mass is 16.5. The van der Waals surface area contributed by atoms with Crippen molar-refractivity contribution in [3.05, 3.63) is 0 Å². The van der Waals surface area contributed by atoms with Crippen LogP contribution in [0.15, 0.2) is 0 Å². The molecule has 4 heteroatoms. The molecule has 106 valence electrons. The van der Waals surface area contributed by atoms with E-state index in [1.54, 1.807) is 0 Å². The summed E-state index contributed by atoms with van der Waals surface area (Å²) in [6.45, 7) is 5.64. The molecule has 3 unspecified atom stereocenters. The Hall–Kier alpha value is -0.160. The topological polar surface area (TPSA) is 27.7 Å². The molecule has 2 aliphatic rings. The van der Waals surface area contributed by atoms with E-state index in [9.17, 15) is 0 Å². The van der Waals surface area contributed by atoms with E-state index in [0.717, 1.165) is 25.1 Å². The van der Waals surface area contributed by atoms with Crippen LogP contribution in [0.5, 0.6) is 0 Å². The van der Waals surface area contributed by atoms with Gasteiger partial charge in [0.25, 0.3) is 0 Å². The van der Waals surface area contributed by atoms with E-state index in [4.69, 9.17) is 4.74 Å². The molecule has 0 saturated carbocycles. The van der Waals surface area contributed by atoms with Crippen LogP contribution < -0.4 is 5.32 Å². The molecule has 0 aromatic carbocycles. The van der Waals surface area contributed by atoms with Crippen LogP contribution >= 0.6 is 0 Å². The van der Waals surface area contributed by atoms with Crippen LogP contribution in [0.1, 0.15) is 19.3 Å². The molecule has 2 fully saturated rings. The smallest absolute Gasteiger partial charge is 0.0630 e. The van der Waals surface area contributed by atoms with Gasteiger partial charge >= 0.3 is 0 Å². The fourth-order valence-corrected chi connectivity index (χ4v) is 3.73. The van der Waals surface area contributed by atoms with E-state index in [1.807, 2.05) is 14.2 Å². The molecule has 3 atom stereocenters. The maximum Gasteiger partial charge on any atom is 0.0630 e. The number of rotatable bonds is 5. The van der Waals surface area contributed by atoms with Crippen LogP contribution in [-0.4, -0.2) is 75.9 Å². The maximum absolute atomic E-state index is 5.37. The van der Waals surface area contributed by atoms with Gasteiger partial charge in [0.1, 0.15) is 0 Å². The zero-order valence-corrected chi connectivity index (χ0v) is 12.2. The van der Waals surface area contributed by atoms with Crippen molar-refractivity contribution in [2.45, 2.75) is 31.3 Å². The van der Waals surface area contributed by atoms with Gasteiger partial charge in [0.05, 0.1) is 6.61 Å². The third kappa shape index (κ3) is 3.23. The van der Waals surface area contributed by atoms with Crippen LogP contribution in [0.4, 0.5) is 0 Å². The minimum atomic E-state index is 0.535. The molecule has 0 aliphatic carbocycles. The van der Waals surface area contributed by atoms with Crippen molar-refractivity contribution in [2.24, 2.45) is 5.92 Å².